The molecule has 3 aromatic rings. The van der Waals surface area contributed by atoms with Crippen LogP contribution in [-0.2, 0) is 0 Å². The van der Waals surface area contributed by atoms with E-state index >= 15 is 0 Å². The second kappa shape index (κ2) is 5.25. The summed E-state index contributed by atoms with van der Waals surface area (Å²) >= 11 is 1.55. The molecule has 3 rings (SSSR count). The molecule has 0 bridgehead atoms. The number of thiazole rings is 1. The minimum atomic E-state index is -0.686. The molecular weight excluding hydrogens is 294 g/mol. The lowest BCUT2D eigenvalue weighted by Gasteiger charge is -2.02. The van der Waals surface area contributed by atoms with Crippen LogP contribution < -0.4 is 5.43 Å². The Morgan fingerprint density at radius 2 is 2.14 bits per heavy atom. The van der Waals surface area contributed by atoms with Crippen molar-refractivity contribution in [3.63, 3.8) is 0 Å². The number of anilines is 1. The largest absolute Gasteiger partial charge is 0.286 e. The molecule has 0 aliphatic rings. The van der Waals surface area contributed by atoms with Crippen molar-refractivity contribution in [2.24, 2.45) is 5.10 Å². The van der Waals surface area contributed by atoms with Gasteiger partial charge in [-0.05, 0) is 26.0 Å². The highest BCUT2D eigenvalue weighted by molar-refractivity contribution is 7.15. The summed E-state index contributed by atoms with van der Waals surface area (Å²) in [7, 11) is 0. The Hall–Kier alpha value is -2.28. The Balaban J connectivity index is 1.88. The van der Waals surface area contributed by atoms with Crippen molar-refractivity contribution < 1.29 is 8.78 Å². The van der Waals surface area contributed by atoms with Crippen LogP contribution in [0.1, 0.15) is 17.1 Å². The van der Waals surface area contributed by atoms with Gasteiger partial charge in [0.2, 0.25) is 0 Å². The zero-order chi connectivity index (χ0) is 15.0. The average Bonchev–Trinajstić information content (AvgIpc) is 2.93. The van der Waals surface area contributed by atoms with Crippen molar-refractivity contribution >= 4 is 28.2 Å². The molecule has 2 aromatic heterocycles. The van der Waals surface area contributed by atoms with E-state index in [-0.39, 0.29) is 5.69 Å². The number of hydrogen-bond donors (Lipinski definition) is 1. The van der Waals surface area contributed by atoms with Crippen molar-refractivity contribution in [1.29, 1.82) is 0 Å². The van der Waals surface area contributed by atoms with Crippen LogP contribution in [0, 0.1) is 25.5 Å². The number of imidazole rings is 1. The Morgan fingerprint density at radius 3 is 2.90 bits per heavy atom. The molecule has 2 heterocycles. The zero-order valence-corrected chi connectivity index (χ0v) is 12.2. The Kier molecular flexibility index (Phi) is 3.42. The number of rotatable bonds is 3. The standard InChI is InChI=1S/C14H12F2N4S/c1-8-7-21-14-18-9(2)13(20(8)14)6-17-19-12-4-3-10(15)5-11(12)16/h3-7,19H,1-2H3/b17-6-. The molecule has 0 unspecified atom stereocenters. The fourth-order valence-electron chi connectivity index (χ4n) is 2.02. The van der Waals surface area contributed by atoms with Gasteiger partial charge in [-0.1, -0.05) is 0 Å². The maximum absolute atomic E-state index is 13.5. The van der Waals surface area contributed by atoms with Crippen LogP contribution in [0.5, 0.6) is 0 Å². The highest BCUT2D eigenvalue weighted by Crippen LogP contribution is 2.19. The van der Waals surface area contributed by atoms with Gasteiger partial charge >= 0.3 is 0 Å². The van der Waals surface area contributed by atoms with Gasteiger partial charge in [0, 0.05) is 17.1 Å². The summed E-state index contributed by atoms with van der Waals surface area (Å²) in [6.45, 7) is 3.87. The molecule has 1 aromatic carbocycles. The normalized spacial score (nSPS) is 11.6. The molecule has 7 heteroatoms. The summed E-state index contributed by atoms with van der Waals surface area (Å²) in [6, 6.07) is 3.28. The molecule has 4 nitrogen and oxygen atoms in total. The summed E-state index contributed by atoms with van der Waals surface area (Å²) in [4.78, 5) is 5.32. The SMILES string of the molecule is Cc1nc2scc(C)n2c1/C=N\Nc1ccc(F)cc1F. The summed E-state index contributed by atoms with van der Waals surface area (Å²) in [5.41, 5.74) is 5.43. The molecule has 0 atom stereocenters. The third-order valence-electron chi connectivity index (χ3n) is 3.06. The van der Waals surface area contributed by atoms with Crippen molar-refractivity contribution in [2.45, 2.75) is 13.8 Å². The van der Waals surface area contributed by atoms with Crippen LogP contribution in [0.15, 0.2) is 28.7 Å². The van der Waals surface area contributed by atoms with Gasteiger partial charge in [-0.2, -0.15) is 5.10 Å². The molecule has 0 fully saturated rings. The molecule has 21 heavy (non-hydrogen) atoms. The van der Waals surface area contributed by atoms with Crippen LogP contribution in [-0.4, -0.2) is 15.6 Å². The zero-order valence-electron chi connectivity index (χ0n) is 11.4. The third-order valence-corrected chi connectivity index (χ3v) is 4.00. The van der Waals surface area contributed by atoms with Crippen LogP contribution >= 0.6 is 11.3 Å². The number of hydrogen-bond acceptors (Lipinski definition) is 4. The van der Waals surface area contributed by atoms with Gasteiger partial charge in [0.1, 0.15) is 5.82 Å². The van der Waals surface area contributed by atoms with Gasteiger partial charge in [0.05, 0.1) is 23.3 Å². The first-order valence-electron chi connectivity index (χ1n) is 6.23. The van der Waals surface area contributed by atoms with Gasteiger partial charge < -0.3 is 0 Å². The van der Waals surface area contributed by atoms with E-state index in [2.05, 4.69) is 15.5 Å². The maximum Gasteiger partial charge on any atom is 0.194 e. The molecule has 0 amide bonds. The Morgan fingerprint density at radius 1 is 1.33 bits per heavy atom. The molecule has 0 aliphatic heterocycles. The number of nitrogens with zero attached hydrogens (tertiary/aromatic N) is 3. The van der Waals surface area contributed by atoms with Crippen LogP contribution in [0.25, 0.3) is 4.96 Å². The van der Waals surface area contributed by atoms with Crippen LogP contribution in [0.2, 0.25) is 0 Å². The average molecular weight is 306 g/mol. The predicted molar refractivity (Wildman–Crippen MR) is 80.1 cm³/mol. The molecule has 0 aliphatic carbocycles. The minimum absolute atomic E-state index is 0.119. The molecule has 0 spiro atoms. The van der Waals surface area contributed by atoms with Gasteiger partial charge in [-0.15, -0.1) is 11.3 Å². The van der Waals surface area contributed by atoms with Gasteiger partial charge in [0.25, 0.3) is 0 Å². The van der Waals surface area contributed by atoms with E-state index in [9.17, 15) is 8.78 Å². The van der Waals surface area contributed by atoms with Crippen LogP contribution in [0.3, 0.4) is 0 Å². The first kappa shape index (κ1) is 13.7. The maximum atomic E-state index is 13.5. The number of aryl methyl sites for hydroxylation is 2. The van der Waals surface area contributed by atoms with Crippen LogP contribution in [0.4, 0.5) is 14.5 Å². The molecule has 0 radical (unpaired) electrons. The summed E-state index contributed by atoms with van der Waals surface area (Å²) in [6.07, 6.45) is 1.58. The smallest absolute Gasteiger partial charge is 0.194 e. The number of nitrogens with one attached hydrogen (secondary N) is 1. The topological polar surface area (TPSA) is 41.7 Å². The number of hydrazone groups is 1. The number of benzene rings is 1. The van der Waals surface area contributed by atoms with Gasteiger partial charge in [-0.25, -0.2) is 13.8 Å². The van der Waals surface area contributed by atoms with Crippen molar-refractivity contribution in [2.75, 3.05) is 5.43 Å². The van der Waals surface area contributed by atoms with Crippen molar-refractivity contribution in [3.05, 3.63) is 52.3 Å². The minimum Gasteiger partial charge on any atom is -0.286 e. The second-order valence-electron chi connectivity index (χ2n) is 4.57. The van der Waals surface area contributed by atoms with Gasteiger partial charge in [-0.3, -0.25) is 9.83 Å². The predicted octanol–water partition coefficient (Wildman–Crippen LogP) is 3.74. The van der Waals surface area contributed by atoms with E-state index in [1.807, 2.05) is 23.6 Å². The Labute approximate surface area is 123 Å². The highest BCUT2D eigenvalue weighted by atomic mass is 32.1. The first-order chi connectivity index (χ1) is 10.1. The summed E-state index contributed by atoms with van der Waals surface area (Å²) in [5.74, 6) is -1.31. The third kappa shape index (κ3) is 2.52. The van der Waals surface area contributed by atoms with E-state index in [1.165, 1.54) is 12.1 Å². The van der Waals surface area contributed by atoms with E-state index < -0.39 is 11.6 Å². The summed E-state index contributed by atoms with van der Waals surface area (Å²) in [5, 5.41) is 6.02. The van der Waals surface area contributed by atoms with Crippen molar-refractivity contribution in [3.8, 4) is 0 Å². The number of fused-ring (bicyclic) bond motifs is 1. The second-order valence-corrected chi connectivity index (χ2v) is 5.41. The molecular formula is C14H12F2N4S. The molecule has 1 N–H and O–H groups in total. The summed E-state index contributed by atoms with van der Waals surface area (Å²) < 4.78 is 28.3. The number of halogens is 2. The molecule has 0 saturated carbocycles. The van der Waals surface area contributed by atoms with Crippen molar-refractivity contribution in [1.82, 2.24) is 9.38 Å². The van der Waals surface area contributed by atoms with E-state index in [4.69, 9.17) is 0 Å². The lowest BCUT2D eigenvalue weighted by molar-refractivity contribution is 0.585. The van der Waals surface area contributed by atoms with E-state index in [0.29, 0.717) is 0 Å². The highest BCUT2D eigenvalue weighted by Gasteiger charge is 2.10. The lowest BCUT2D eigenvalue weighted by Crippen LogP contribution is -1.98. The fourth-order valence-corrected chi connectivity index (χ4v) is 2.94. The molecule has 0 saturated heterocycles. The Bertz CT molecular complexity index is 835. The lowest BCUT2D eigenvalue weighted by atomic mass is 10.3. The molecule has 108 valence electrons. The fraction of sp³-hybridized carbons (Fsp3) is 0.143. The van der Waals surface area contributed by atoms with Gasteiger partial charge in [0.15, 0.2) is 10.8 Å². The van der Waals surface area contributed by atoms with E-state index in [0.717, 1.165) is 28.1 Å². The monoisotopic (exact) mass is 306 g/mol. The number of aromatic nitrogens is 2. The van der Waals surface area contributed by atoms with E-state index in [1.54, 1.807) is 17.6 Å². The quantitative estimate of drug-likeness (QED) is 0.591. The first-order valence-corrected chi connectivity index (χ1v) is 7.11.